The van der Waals surface area contributed by atoms with E-state index in [2.05, 4.69) is 16.8 Å². The maximum atomic E-state index is 13.9. The molecule has 1 atom stereocenters. The molecule has 2 heterocycles. The van der Waals surface area contributed by atoms with Crippen LogP contribution in [0.1, 0.15) is 75.3 Å². The zero-order valence-corrected chi connectivity index (χ0v) is 27.4. The highest BCUT2D eigenvalue weighted by molar-refractivity contribution is 7.92. The van der Waals surface area contributed by atoms with Crippen molar-refractivity contribution in [3.8, 4) is 11.1 Å². The fraction of sp³-hybridized carbons (Fsp3) is 0.485. The Labute approximate surface area is 260 Å². The number of aliphatic imine (C=N–C) groups is 1. The highest BCUT2D eigenvalue weighted by atomic mass is 32.2. The Balaban J connectivity index is 1.71. The molecule has 2 aromatic carbocycles. The summed E-state index contributed by atoms with van der Waals surface area (Å²) in [4.78, 5) is 20.8. The Hall–Kier alpha value is -3.54. The van der Waals surface area contributed by atoms with Crippen LogP contribution in [0.3, 0.4) is 0 Å². The summed E-state index contributed by atoms with van der Waals surface area (Å²) in [6.07, 6.45) is 3.80. The van der Waals surface area contributed by atoms with Crippen molar-refractivity contribution in [2.45, 2.75) is 90.3 Å². The minimum absolute atomic E-state index is 0.000475. The van der Waals surface area contributed by atoms with Gasteiger partial charge in [0.25, 0.3) is 15.9 Å². The molecule has 1 aliphatic heterocycles. The second-order valence-electron chi connectivity index (χ2n) is 11.1. The lowest BCUT2D eigenvalue weighted by Gasteiger charge is -2.25. The highest BCUT2D eigenvalue weighted by Gasteiger charge is 2.46. The average molecular weight is 625 g/mol. The van der Waals surface area contributed by atoms with Crippen LogP contribution in [0.15, 0.2) is 56.9 Å². The predicted octanol–water partition coefficient (Wildman–Crippen LogP) is 6.41. The lowest BCUT2D eigenvalue weighted by atomic mass is 9.92. The van der Waals surface area contributed by atoms with Gasteiger partial charge in [0, 0.05) is 44.3 Å². The van der Waals surface area contributed by atoms with E-state index in [0.29, 0.717) is 49.5 Å². The molecule has 0 aliphatic carbocycles. The Morgan fingerprint density at radius 2 is 1.84 bits per heavy atom. The van der Waals surface area contributed by atoms with Gasteiger partial charge in [-0.3, -0.25) is 19.4 Å². The second kappa shape index (κ2) is 14.5. The number of benzene rings is 2. The van der Waals surface area contributed by atoms with Crippen LogP contribution < -0.4 is 4.72 Å². The first-order chi connectivity index (χ1) is 21.1. The number of carbonyl (C=O) groups is 1. The summed E-state index contributed by atoms with van der Waals surface area (Å²) < 4.78 is 46.1. The van der Waals surface area contributed by atoms with Gasteiger partial charge >= 0.3 is 0 Å². The number of amides is 1. The minimum atomic E-state index is -4.01. The number of sulfonamides is 1. The number of ether oxygens (including phenoxy) is 2. The van der Waals surface area contributed by atoms with Gasteiger partial charge in [0.05, 0.1) is 18.0 Å². The maximum Gasteiger partial charge on any atom is 0.263 e. The average Bonchev–Trinajstić information content (AvgIpc) is 3.47. The lowest BCUT2D eigenvalue weighted by molar-refractivity contribution is -0.132. The third-order valence-corrected chi connectivity index (χ3v) is 9.58. The molecule has 0 unspecified atom stereocenters. The lowest BCUT2D eigenvalue weighted by Crippen LogP contribution is -2.42. The van der Waals surface area contributed by atoms with Gasteiger partial charge in [0.2, 0.25) is 0 Å². The molecule has 10 nitrogen and oxygen atoms in total. The molecule has 3 aromatic rings. The number of nitrogens with one attached hydrogen (secondary N) is 1. The molecule has 1 aliphatic rings. The molecule has 0 bridgehead atoms. The number of rotatable bonds is 16. The summed E-state index contributed by atoms with van der Waals surface area (Å²) in [6.45, 7) is 11.1. The number of amidine groups is 1. The molecule has 11 heteroatoms. The van der Waals surface area contributed by atoms with Gasteiger partial charge in [-0.15, -0.1) is 0 Å². The monoisotopic (exact) mass is 624 g/mol. The highest BCUT2D eigenvalue weighted by Crippen LogP contribution is 2.35. The standard InChI is InChI=1S/C33H44N4O6S/c1-7-10-15-30-34-33(8-2,18-19-41-6)32(38)37(30)21-25-16-17-27(26(20-25)22-42-9-3)28-13-11-12-14-29(28)44(39,40)36-31-23(4)24(5)43-35-31/h11-14,16-17,20H,7-10,15,18-19,21-22H2,1-6H3,(H,35,36)/t33-/m0/s1. The number of unbranched alkanes of at least 4 members (excludes halogenated alkanes) is 1. The molecule has 238 valence electrons. The largest absolute Gasteiger partial charge is 0.385 e. The Morgan fingerprint density at radius 3 is 2.50 bits per heavy atom. The molecule has 0 fully saturated rings. The summed E-state index contributed by atoms with van der Waals surface area (Å²) in [5, 5.41) is 3.88. The van der Waals surface area contributed by atoms with Crippen molar-refractivity contribution in [2.24, 2.45) is 4.99 Å². The van der Waals surface area contributed by atoms with E-state index >= 15 is 0 Å². The van der Waals surface area contributed by atoms with Crippen molar-refractivity contribution in [3.05, 3.63) is 64.9 Å². The van der Waals surface area contributed by atoms with Crippen LogP contribution >= 0.6 is 0 Å². The Bertz CT molecular complexity index is 1600. The summed E-state index contributed by atoms with van der Waals surface area (Å²) in [7, 11) is -2.37. The van der Waals surface area contributed by atoms with E-state index in [4.69, 9.17) is 19.0 Å². The van der Waals surface area contributed by atoms with E-state index < -0.39 is 15.6 Å². The predicted molar refractivity (Wildman–Crippen MR) is 171 cm³/mol. The van der Waals surface area contributed by atoms with Crippen molar-refractivity contribution in [1.82, 2.24) is 10.1 Å². The number of hydrogen-bond donors (Lipinski definition) is 1. The molecule has 4 rings (SSSR count). The van der Waals surface area contributed by atoms with Crippen molar-refractivity contribution in [1.29, 1.82) is 0 Å². The summed E-state index contributed by atoms with van der Waals surface area (Å²) in [6, 6.07) is 12.7. The van der Waals surface area contributed by atoms with Crippen molar-refractivity contribution in [2.75, 3.05) is 25.0 Å². The van der Waals surface area contributed by atoms with Gasteiger partial charge in [0.15, 0.2) is 5.82 Å². The van der Waals surface area contributed by atoms with E-state index in [0.717, 1.165) is 41.8 Å². The number of hydrogen-bond acceptors (Lipinski definition) is 8. The van der Waals surface area contributed by atoms with Crippen LogP contribution in [0.2, 0.25) is 0 Å². The van der Waals surface area contributed by atoms with Crippen molar-refractivity contribution >= 4 is 27.6 Å². The molecule has 44 heavy (non-hydrogen) atoms. The van der Waals surface area contributed by atoms with Crippen LogP contribution in [0.25, 0.3) is 11.1 Å². The van der Waals surface area contributed by atoms with Gasteiger partial charge in [-0.2, -0.15) is 0 Å². The molecule has 1 amide bonds. The molecule has 1 N–H and O–H groups in total. The first kappa shape index (κ1) is 33.4. The molecule has 1 aromatic heterocycles. The number of nitrogens with zero attached hydrogens (tertiary/aromatic N) is 3. The zero-order chi connectivity index (χ0) is 31.9. The second-order valence-corrected chi connectivity index (χ2v) is 12.7. The minimum Gasteiger partial charge on any atom is -0.385 e. The number of anilines is 1. The molecule has 0 saturated carbocycles. The third kappa shape index (κ3) is 7.06. The van der Waals surface area contributed by atoms with Crippen LogP contribution in [-0.2, 0) is 37.4 Å². The topological polar surface area (TPSA) is 123 Å². The van der Waals surface area contributed by atoms with Gasteiger partial charge < -0.3 is 14.0 Å². The molecular weight excluding hydrogens is 580 g/mol. The van der Waals surface area contributed by atoms with E-state index in [9.17, 15) is 13.2 Å². The molecule has 0 saturated heterocycles. The Morgan fingerprint density at radius 1 is 1.07 bits per heavy atom. The summed E-state index contributed by atoms with van der Waals surface area (Å²) in [5.74, 6) is 1.51. The van der Waals surface area contributed by atoms with Gasteiger partial charge in [-0.25, -0.2) is 8.42 Å². The van der Waals surface area contributed by atoms with E-state index in [1.54, 1.807) is 39.2 Å². The van der Waals surface area contributed by atoms with E-state index in [1.807, 2.05) is 43.0 Å². The SMILES string of the molecule is CCCCC1=N[C@@](CC)(CCOC)C(=O)N1Cc1ccc(-c2ccccc2S(=O)(=O)Nc2noc(C)c2C)c(COCC)c1. The van der Waals surface area contributed by atoms with Crippen molar-refractivity contribution in [3.63, 3.8) is 0 Å². The summed E-state index contributed by atoms with van der Waals surface area (Å²) >= 11 is 0. The number of aryl methyl sites for hydroxylation is 1. The molecular formula is C33H44N4O6S. The quantitative estimate of drug-likeness (QED) is 0.195. The normalized spacial score (nSPS) is 16.9. The molecule has 0 radical (unpaired) electrons. The maximum absolute atomic E-state index is 13.9. The molecule has 0 spiro atoms. The third-order valence-electron chi connectivity index (χ3n) is 8.18. The van der Waals surface area contributed by atoms with Gasteiger partial charge in [-0.05, 0) is 56.4 Å². The number of methoxy groups -OCH3 is 1. The fourth-order valence-corrected chi connectivity index (χ4v) is 6.67. The van der Waals surface area contributed by atoms with Crippen LogP contribution in [0.5, 0.6) is 0 Å². The Kier molecular flexibility index (Phi) is 11.0. The first-order valence-electron chi connectivity index (χ1n) is 15.2. The van der Waals surface area contributed by atoms with Crippen LogP contribution in [0.4, 0.5) is 5.82 Å². The number of carbonyl (C=O) groups excluding carboxylic acids is 1. The van der Waals surface area contributed by atoms with Crippen molar-refractivity contribution < 1.29 is 27.2 Å². The van der Waals surface area contributed by atoms with E-state index in [-0.39, 0.29) is 23.2 Å². The van der Waals surface area contributed by atoms with Gasteiger partial charge in [-0.1, -0.05) is 61.8 Å². The number of aromatic nitrogens is 1. The summed E-state index contributed by atoms with van der Waals surface area (Å²) in [5.41, 5.74) is 2.80. The zero-order valence-electron chi connectivity index (χ0n) is 26.6. The first-order valence-corrected chi connectivity index (χ1v) is 16.7. The van der Waals surface area contributed by atoms with E-state index in [1.165, 1.54) is 0 Å². The van der Waals surface area contributed by atoms with Crippen LogP contribution in [-0.4, -0.2) is 56.1 Å². The van der Waals surface area contributed by atoms with Gasteiger partial charge in [0.1, 0.15) is 17.1 Å². The fourth-order valence-electron chi connectivity index (χ4n) is 5.39. The van der Waals surface area contributed by atoms with Crippen LogP contribution in [0, 0.1) is 13.8 Å². The smallest absolute Gasteiger partial charge is 0.263 e.